The molecule has 7 nitrogen and oxygen atoms in total. The third-order valence-corrected chi connectivity index (χ3v) is 8.11. The average Bonchev–Trinajstić information content (AvgIpc) is 3.24. The predicted octanol–water partition coefficient (Wildman–Crippen LogP) is 4.74. The number of allylic oxidation sites excluding steroid dienone is 1. The number of carbonyl (C=O) groups is 1. The van der Waals surface area contributed by atoms with Crippen molar-refractivity contribution in [3.8, 4) is 23.0 Å². The van der Waals surface area contributed by atoms with Gasteiger partial charge in [-0.05, 0) is 80.6 Å². The molecule has 0 radical (unpaired) electrons. The number of piperidine rings is 2. The number of benzene rings is 2. The minimum absolute atomic E-state index is 0.107. The first-order chi connectivity index (χ1) is 17.6. The molecule has 2 fully saturated rings. The molecule has 7 heteroatoms. The monoisotopic (exact) mass is 490 g/mol. The van der Waals surface area contributed by atoms with E-state index in [1.807, 2.05) is 30.3 Å². The number of fused-ring (bicyclic) bond motifs is 4. The Morgan fingerprint density at radius 1 is 1.03 bits per heavy atom. The maximum atomic E-state index is 13.2. The summed E-state index contributed by atoms with van der Waals surface area (Å²) in [4.78, 5) is 18.3. The van der Waals surface area contributed by atoms with Crippen LogP contribution in [0, 0.1) is 5.92 Å². The zero-order chi connectivity index (χ0) is 24.6. The van der Waals surface area contributed by atoms with Crippen LogP contribution in [0.1, 0.15) is 53.6 Å². The van der Waals surface area contributed by atoms with E-state index >= 15 is 0 Å². The summed E-state index contributed by atoms with van der Waals surface area (Å²) in [6.07, 6.45) is 8.31. The Bertz CT molecular complexity index is 1190. The Morgan fingerprint density at radius 3 is 2.75 bits per heavy atom. The number of hydrogen-bond acceptors (Lipinski definition) is 7. The molecule has 0 amide bonds. The number of nitrogens with zero attached hydrogens (tertiary/aromatic N) is 2. The smallest absolute Gasteiger partial charge is 0.231 e. The first-order valence-corrected chi connectivity index (χ1v) is 13.1. The summed E-state index contributed by atoms with van der Waals surface area (Å²) in [6.45, 7) is 4.83. The van der Waals surface area contributed by atoms with E-state index in [1.165, 1.54) is 45.2 Å². The summed E-state index contributed by atoms with van der Waals surface area (Å²) in [5.74, 6) is 3.57. The highest BCUT2D eigenvalue weighted by molar-refractivity contribution is 6.15. The van der Waals surface area contributed by atoms with Gasteiger partial charge in [-0.3, -0.25) is 9.69 Å². The second kappa shape index (κ2) is 9.79. The van der Waals surface area contributed by atoms with Gasteiger partial charge >= 0.3 is 0 Å². The van der Waals surface area contributed by atoms with E-state index < -0.39 is 0 Å². The van der Waals surface area contributed by atoms with E-state index in [4.69, 9.17) is 18.9 Å². The van der Waals surface area contributed by atoms with Crippen molar-refractivity contribution in [2.24, 2.45) is 5.92 Å². The molecule has 0 N–H and O–H groups in total. The Morgan fingerprint density at radius 2 is 1.89 bits per heavy atom. The number of rotatable bonds is 5. The molecule has 190 valence electrons. The first-order valence-electron chi connectivity index (χ1n) is 13.1. The fraction of sp³-hybridized carbons (Fsp3) is 0.483. The number of hydrogen-bond donors (Lipinski definition) is 0. The molecule has 0 bridgehead atoms. The lowest BCUT2D eigenvalue weighted by molar-refractivity contribution is 0.0141. The van der Waals surface area contributed by atoms with Crippen molar-refractivity contribution in [3.05, 3.63) is 52.8 Å². The Labute approximate surface area is 212 Å². The fourth-order valence-corrected chi connectivity index (χ4v) is 6.34. The summed E-state index contributed by atoms with van der Waals surface area (Å²) >= 11 is 0. The van der Waals surface area contributed by atoms with Crippen LogP contribution in [0.25, 0.3) is 6.08 Å². The maximum Gasteiger partial charge on any atom is 0.231 e. The molecule has 2 saturated heterocycles. The molecule has 4 aliphatic rings. The van der Waals surface area contributed by atoms with Gasteiger partial charge < -0.3 is 23.8 Å². The fourth-order valence-electron chi connectivity index (χ4n) is 6.34. The number of carbonyl (C=O) groups excluding carboxylic acids is 1. The molecule has 2 aromatic rings. The molecule has 6 rings (SSSR count). The zero-order valence-electron chi connectivity index (χ0n) is 21.1. The average molecular weight is 491 g/mol. The van der Waals surface area contributed by atoms with Gasteiger partial charge in [0.2, 0.25) is 5.78 Å². The van der Waals surface area contributed by atoms with Crippen molar-refractivity contribution in [1.82, 2.24) is 9.80 Å². The molecule has 2 atom stereocenters. The number of ketones is 1. The van der Waals surface area contributed by atoms with Gasteiger partial charge in [0.15, 0.2) is 17.3 Å². The van der Waals surface area contributed by atoms with Gasteiger partial charge in [-0.1, -0.05) is 12.5 Å². The lowest BCUT2D eigenvalue weighted by Crippen LogP contribution is -2.51. The van der Waals surface area contributed by atoms with Crippen molar-refractivity contribution in [3.63, 3.8) is 0 Å². The highest BCUT2D eigenvalue weighted by atomic mass is 16.5. The number of Topliss-reactive ketones (excluding diaryl/α,β-unsaturated/α-hetero) is 1. The van der Waals surface area contributed by atoms with Crippen molar-refractivity contribution < 1.29 is 23.7 Å². The Hall–Kier alpha value is -3.03. The van der Waals surface area contributed by atoms with Crippen LogP contribution in [-0.4, -0.2) is 62.2 Å². The third-order valence-electron chi connectivity index (χ3n) is 8.11. The molecule has 0 saturated carbocycles. The summed E-state index contributed by atoms with van der Waals surface area (Å²) in [5, 5.41) is 0. The molecule has 36 heavy (non-hydrogen) atoms. The Balaban J connectivity index is 1.22. The van der Waals surface area contributed by atoms with Crippen molar-refractivity contribution >= 4 is 11.9 Å². The van der Waals surface area contributed by atoms with Gasteiger partial charge in [0.05, 0.1) is 25.3 Å². The van der Waals surface area contributed by atoms with Crippen LogP contribution in [0.4, 0.5) is 0 Å². The Kier molecular flexibility index (Phi) is 6.36. The quantitative estimate of drug-likeness (QED) is 0.561. The van der Waals surface area contributed by atoms with Crippen molar-refractivity contribution in [2.75, 3.05) is 40.6 Å². The summed E-state index contributed by atoms with van der Waals surface area (Å²) < 4.78 is 23.1. The third kappa shape index (κ3) is 4.24. The first kappa shape index (κ1) is 23.4. The second-order valence-corrected chi connectivity index (χ2v) is 10.3. The minimum Gasteiger partial charge on any atom is -0.493 e. The molecule has 2 aromatic carbocycles. The van der Waals surface area contributed by atoms with E-state index in [9.17, 15) is 4.79 Å². The molecule has 0 aliphatic carbocycles. The van der Waals surface area contributed by atoms with Crippen LogP contribution in [-0.2, 0) is 6.54 Å². The van der Waals surface area contributed by atoms with Gasteiger partial charge in [-0.15, -0.1) is 0 Å². The van der Waals surface area contributed by atoms with Gasteiger partial charge in [0.25, 0.3) is 0 Å². The minimum atomic E-state index is -0.107. The van der Waals surface area contributed by atoms with Gasteiger partial charge in [-0.25, -0.2) is 0 Å². The second-order valence-electron chi connectivity index (χ2n) is 10.3. The van der Waals surface area contributed by atoms with E-state index in [0.29, 0.717) is 47.3 Å². The van der Waals surface area contributed by atoms with Gasteiger partial charge in [-0.2, -0.15) is 0 Å². The van der Waals surface area contributed by atoms with Crippen LogP contribution >= 0.6 is 0 Å². The van der Waals surface area contributed by atoms with Gasteiger partial charge in [0, 0.05) is 19.1 Å². The molecule has 4 heterocycles. The van der Waals surface area contributed by atoms with Crippen LogP contribution < -0.4 is 18.9 Å². The van der Waals surface area contributed by atoms with Crippen LogP contribution in [0.3, 0.4) is 0 Å². The SMILES string of the molecule is COc1ccc(/C=C2\Oc3c(ccc4c3CN(C[C@@H]3CCCN5CCCC[C@H]35)CO4)C2=O)cc1OC. The van der Waals surface area contributed by atoms with Crippen molar-refractivity contribution in [1.29, 1.82) is 0 Å². The molecule has 0 aromatic heterocycles. The molecular weight excluding hydrogens is 456 g/mol. The lowest BCUT2D eigenvalue weighted by Gasteiger charge is -2.46. The number of ether oxygens (including phenoxy) is 4. The lowest BCUT2D eigenvalue weighted by atomic mass is 9.83. The zero-order valence-corrected chi connectivity index (χ0v) is 21.1. The predicted molar refractivity (Wildman–Crippen MR) is 137 cm³/mol. The largest absolute Gasteiger partial charge is 0.493 e. The maximum absolute atomic E-state index is 13.2. The summed E-state index contributed by atoms with van der Waals surface area (Å²) in [5.41, 5.74) is 2.38. The van der Waals surface area contributed by atoms with E-state index in [2.05, 4.69) is 9.80 Å². The topological polar surface area (TPSA) is 60.5 Å². The highest BCUT2D eigenvalue weighted by Gasteiger charge is 2.37. The van der Waals surface area contributed by atoms with Crippen LogP contribution in [0.15, 0.2) is 36.1 Å². The van der Waals surface area contributed by atoms with E-state index in [1.54, 1.807) is 20.3 Å². The van der Waals surface area contributed by atoms with E-state index in [-0.39, 0.29) is 5.78 Å². The van der Waals surface area contributed by atoms with Gasteiger partial charge in [0.1, 0.15) is 18.2 Å². The normalized spacial score (nSPS) is 24.9. The molecule has 0 unspecified atom stereocenters. The molecule has 4 aliphatic heterocycles. The van der Waals surface area contributed by atoms with Crippen molar-refractivity contribution in [2.45, 2.75) is 44.7 Å². The standard InChI is InChI=1S/C29H34N2O5/c1-33-25-10-8-19(14-26(25)34-2)15-27-28(32)21-9-11-24-22(29(21)36-27)17-30(18-35-24)16-20-6-5-13-31-12-4-3-7-23(20)31/h8-11,14-15,20,23H,3-7,12-13,16-18H2,1-2H3/b27-15-/t20-,23+/m0/s1. The number of methoxy groups -OCH3 is 2. The summed E-state index contributed by atoms with van der Waals surface area (Å²) in [6, 6.07) is 9.98. The van der Waals surface area contributed by atoms with Crippen LogP contribution in [0.2, 0.25) is 0 Å². The summed E-state index contributed by atoms with van der Waals surface area (Å²) in [7, 11) is 3.20. The van der Waals surface area contributed by atoms with E-state index in [0.717, 1.165) is 30.0 Å². The highest BCUT2D eigenvalue weighted by Crippen LogP contribution is 2.43. The molecular formula is C29H34N2O5. The molecule has 0 spiro atoms. The van der Waals surface area contributed by atoms with Crippen LogP contribution in [0.5, 0.6) is 23.0 Å².